The molecule has 0 radical (unpaired) electrons. The van der Waals surface area contributed by atoms with Crippen LogP contribution in [0.5, 0.6) is 0 Å². The van der Waals surface area contributed by atoms with Crippen LogP contribution in [0.2, 0.25) is 0 Å². The van der Waals surface area contributed by atoms with Gasteiger partial charge in [-0.3, -0.25) is 4.98 Å². The van der Waals surface area contributed by atoms with E-state index in [1.807, 2.05) is 12.1 Å². The highest BCUT2D eigenvalue weighted by atomic mass is 15.1. The number of benzene rings is 1. The third-order valence-corrected chi connectivity index (χ3v) is 4.15. The zero-order valence-corrected chi connectivity index (χ0v) is 12.2. The third kappa shape index (κ3) is 2.24. The fourth-order valence-electron chi connectivity index (χ4n) is 3.15. The molecule has 3 N–H and O–H groups in total. The van der Waals surface area contributed by atoms with Crippen LogP contribution < -0.4 is 11.1 Å². The van der Waals surface area contributed by atoms with Crippen LogP contribution in [0.4, 0.5) is 11.8 Å². The van der Waals surface area contributed by atoms with E-state index in [-0.39, 0.29) is 12.0 Å². The quantitative estimate of drug-likeness (QED) is 0.758. The van der Waals surface area contributed by atoms with Crippen molar-refractivity contribution in [2.24, 2.45) is 0 Å². The van der Waals surface area contributed by atoms with Gasteiger partial charge in [0.05, 0.1) is 11.6 Å². The summed E-state index contributed by atoms with van der Waals surface area (Å²) >= 11 is 0. The summed E-state index contributed by atoms with van der Waals surface area (Å²) < 4.78 is 0. The fourth-order valence-corrected chi connectivity index (χ4v) is 3.15. The van der Waals surface area contributed by atoms with Crippen LogP contribution in [0, 0.1) is 0 Å². The van der Waals surface area contributed by atoms with Crippen LogP contribution in [0.1, 0.15) is 30.0 Å². The van der Waals surface area contributed by atoms with Gasteiger partial charge in [0.1, 0.15) is 5.52 Å². The first kappa shape index (κ1) is 13.0. The number of aromatic nitrogens is 3. The Morgan fingerprint density at radius 3 is 2.95 bits per heavy atom. The van der Waals surface area contributed by atoms with Gasteiger partial charge in [-0.15, -0.1) is 0 Å². The van der Waals surface area contributed by atoms with E-state index in [1.165, 1.54) is 17.5 Å². The Labute approximate surface area is 128 Å². The summed E-state index contributed by atoms with van der Waals surface area (Å²) in [5, 5.41) is 3.53. The summed E-state index contributed by atoms with van der Waals surface area (Å²) in [4.78, 5) is 13.0. The first-order chi connectivity index (χ1) is 10.8. The van der Waals surface area contributed by atoms with Gasteiger partial charge in [-0.2, -0.15) is 4.98 Å². The smallest absolute Gasteiger partial charge is 0.222 e. The van der Waals surface area contributed by atoms with Gasteiger partial charge in [0.2, 0.25) is 5.95 Å². The van der Waals surface area contributed by atoms with Crippen molar-refractivity contribution in [3.63, 3.8) is 0 Å². The maximum absolute atomic E-state index is 5.83. The lowest BCUT2D eigenvalue weighted by molar-refractivity contribution is 0.599. The molecule has 0 saturated heterocycles. The second kappa shape index (κ2) is 5.26. The van der Waals surface area contributed by atoms with Crippen molar-refractivity contribution in [1.82, 2.24) is 15.0 Å². The Hall–Kier alpha value is -2.69. The molecule has 0 fully saturated rings. The zero-order chi connectivity index (χ0) is 14.9. The lowest BCUT2D eigenvalue weighted by Gasteiger charge is -2.27. The van der Waals surface area contributed by atoms with Crippen LogP contribution in [-0.4, -0.2) is 15.0 Å². The summed E-state index contributed by atoms with van der Waals surface area (Å²) in [7, 11) is 0. The first-order valence-electron chi connectivity index (χ1n) is 7.54. The monoisotopic (exact) mass is 291 g/mol. The molecule has 0 bridgehead atoms. The van der Waals surface area contributed by atoms with Crippen molar-refractivity contribution in [1.29, 1.82) is 0 Å². The van der Waals surface area contributed by atoms with E-state index in [0.717, 1.165) is 23.9 Å². The lowest BCUT2D eigenvalue weighted by atomic mass is 9.88. The van der Waals surface area contributed by atoms with Gasteiger partial charge < -0.3 is 11.1 Å². The maximum atomic E-state index is 5.83. The second-order valence-corrected chi connectivity index (χ2v) is 5.59. The number of nitrogen functional groups attached to an aromatic ring is 1. The van der Waals surface area contributed by atoms with Crippen molar-refractivity contribution in [3.05, 3.63) is 53.7 Å². The van der Waals surface area contributed by atoms with Crippen LogP contribution >= 0.6 is 0 Å². The molecule has 0 amide bonds. The average molecular weight is 291 g/mol. The van der Waals surface area contributed by atoms with Crippen molar-refractivity contribution < 1.29 is 0 Å². The minimum absolute atomic E-state index is 0.240. The molecule has 22 heavy (non-hydrogen) atoms. The number of anilines is 2. The average Bonchev–Trinajstić information content (AvgIpc) is 2.55. The number of rotatable bonds is 2. The first-order valence-corrected chi connectivity index (χ1v) is 7.54. The Morgan fingerprint density at radius 1 is 1.09 bits per heavy atom. The van der Waals surface area contributed by atoms with Crippen LogP contribution in [0.3, 0.4) is 0 Å². The molecule has 0 aliphatic heterocycles. The molecule has 3 aromatic rings. The number of aryl methyl sites for hydroxylation is 1. The Morgan fingerprint density at radius 2 is 2.00 bits per heavy atom. The minimum Gasteiger partial charge on any atom is -0.368 e. The predicted octanol–water partition coefficient (Wildman–Crippen LogP) is 3.10. The molecule has 1 unspecified atom stereocenters. The van der Waals surface area contributed by atoms with E-state index in [1.54, 1.807) is 6.20 Å². The molecule has 2 aromatic heterocycles. The summed E-state index contributed by atoms with van der Waals surface area (Å²) in [6, 6.07) is 12.6. The summed E-state index contributed by atoms with van der Waals surface area (Å²) in [6.07, 6.45) is 5.14. The van der Waals surface area contributed by atoms with Gasteiger partial charge in [0.25, 0.3) is 0 Å². The highest BCUT2D eigenvalue weighted by molar-refractivity contribution is 5.86. The predicted molar refractivity (Wildman–Crippen MR) is 87.5 cm³/mol. The summed E-state index contributed by atoms with van der Waals surface area (Å²) in [6.45, 7) is 0. The van der Waals surface area contributed by atoms with E-state index in [4.69, 9.17) is 5.73 Å². The second-order valence-electron chi connectivity index (χ2n) is 5.59. The molecule has 1 aromatic carbocycles. The van der Waals surface area contributed by atoms with Crippen molar-refractivity contribution in [2.45, 2.75) is 25.3 Å². The Bertz CT molecular complexity index is 830. The third-order valence-electron chi connectivity index (χ3n) is 4.15. The largest absolute Gasteiger partial charge is 0.368 e. The standard InChI is InChI=1S/C17H17N5/c18-17-21-14-9-4-10-19-15(14)16(22-17)20-13-8-3-6-11-5-1-2-7-12(11)13/h1-2,4-5,7,9-10,13H,3,6,8H2,(H3,18,20,21,22). The van der Waals surface area contributed by atoms with Gasteiger partial charge in [0.15, 0.2) is 5.82 Å². The van der Waals surface area contributed by atoms with Crippen molar-refractivity contribution in [3.8, 4) is 0 Å². The minimum atomic E-state index is 0.240. The van der Waals surface area contributed by atoms with E-state index in [9.17, 15) is 0 Å². The molecule has 2 heterocycles. The summed E-state index contributed by atoms with van der Waals surface area (Å²) in [5.74, 6) is 0.983. The van der Waals surface area contributed by atoms with Crippen LogP contribution in [-0.2, 0) is 6.42 Å². The molecule has 1 atom stereocenters. The number of fused-ring (bicyclic) bond motifs is 2. The Balaban J connectivity index is 1.76. The molecule has 1 aliphatic rings. The maximum Gasteiger partial charge on any atom is 0.222 e. The van der Waals surface area contributed by atoms with Crippen molar-refractivity contribution >= 4 is 22.8 Å². The van der Waals surface area contributed by atoms with Gasteiger partial charge in [-0.1, -0.05) is 24.3 Å². The van der Waals surface area contributed by atoms with Crippen LogP contribution in [0.15, 0.2) is 42.6 Å². The molecular formula is C17H17N5. The van der Waals surface area contributed by atoms with Gasteiger partial charge >= 0.3 is 0 Å². The van der Waals surface area contributed by atoms with Gasteiger partial charge in [-0.05, 0) is 42.5 Å². The van der Waals surface area contributed by atoms with Crippen molar-refractivity contribution in [2.75, 3.05) is 11.1 Å². The molecule has 110 valence electrons. The number of nitrogens with zero attached hydrogens (tertiary/aromatic N) is 3. The molecule has 5 nitrogen and oxygen atoms in total. The SMILES string of the molecule is Nc1nc(NC2CCCc3ccccc32)c2ncccc2n1. The number of nitrogens with one attached hydrogen (secondary N) is 1. The molecule has 1 aliphatic carbocycles. The number of pyridine rings is 1. The van der Waals surface area contributed by atoms with Gasteiger partial charge in [-0.25, -0.2) is 4.98 Å². The number of hydrogen-bond acceptors (Lipinski definition) is 5. The molecule has 0 spiro atoms. The van der Waals surface area contributed by atoms with Gasteiger partial charge in [0, 0.05) is 6.20 Å². The molecule has 4 rings (SSSR count). The Kier molecular flexibility index (Phi) is 3.11. The molecule has 5 heteroatoms. The van der Waals surface area contributed by atoms with E-state index in [0.29, 0.717) is 5.82 Å². The van der Waals surface area contributed by atoms with E-state index >= 15 is 0 Å². The summed E-state index contributed by atoms with van der Waals surface area (Å²) in [5.41, 5.74) is 10.1. The fraction of sp³-hybridized carbons (Fsp3) is 0.235. The van der Waals surface area contributed by atoms with E-state index in [2.05, 4.69) is 44.5 Å². The molecule has 0 saturated carbocycles. The normalized spacial score (nSPS) is 17.2. The van der Waals surface area contributed by atoms with Crippen LogP contribution in [0.25, 0.3) is 11.0 Å². The highest BCUT2D eigenvalue weighted by Crippen LogP contribution is 2.33. The highest BCUT2D eigenvalue weighted by Gasteiger charge is 2.21. The van der Waals surface area contributed by atoms with E-state index < -0.39 is 0 Å². The zero-order valence-electron chi connectivity index (χ0n) is 12.2. The number of nitrogens with two attached hydrogens (primary N) is 1. The number of hydrogen-bond donors (Lipinski definition) is 2. The molecular weight excluding hydrogens is 274 g/mol. The topological polar surface area (TPSA) is 76.7 Å². The lowest BCUT2D eigenvalue weighted by Crippen LogP contribution is -2.18.